The minimum absolute atomic E-state index is 0.0167. The summed E-state index contributed by atoms with van der Waals surface area (Å²) in [7, 11) is 0. The van der Waals surface area contributed by atoms with Gasteiger partial charge in [0, 0.05) is 13.2 Å². The zero-order chi connectivity index (χ0) is 11.1. The number of nitrogens with zero attached hydrogens (tertiary/aromatic N) is 3. The Morgan fingerprint density at radius 2 is 2.47 bits per heavy atom. The topological polar surface area (TPSA) is 83.0 Å². The van der Waals surface area contributed by atoms with Gasteiger partial charge in [-0.2, -0.15) is 0 Å². The fraction of sp³-hybridized carbons (Fsp3) is 0.667. The Morgan fingerprint density at radius 3 is 3.07 bits per heavy atom. The van der Waals surface area contributed by atoms with E-state index < -0.39 is 0 Å². The Morgan fingerprint density at radius 1 is 1.67 bits per heavy atom. The fourth-order valence-electron chi connectivity index (χ4n) is 1.07. The van der Waals surface area contributed by atoms with E-state index in [1.54, 1.807) is 6.20 Å². The Hall–Kier alpha value is -1.27. The summed E-state index contributed by atoms with van der Waals surface area (Å²) in [5, 5.41) is 7.54. The van der Waals surface area contributed by atoms with Gasteiger partial charge in [0.15, 0.2) is 5.78 Å². The van der Waals surface area contributed by atoms with Crippen molar-refractivity contribution in [3.8, 4) is 0 Å². The summed E-state index contributed by atoms with van der Waals surface area (Å²) in [4.78, 5) is 11.3. The molecule has 0 saturated carbocycles. The minimum Gasteiger partial charge on any atom is -0.374 e. The van der Waals surface area contributed by atoms with Crippen molar-refractivity contribution in [2.45, 2.75) is 26.4 Å². The monoisotopic (exact) mass is 212 g/mol. The van der Waals surface area contributed by atoms with E-state index >= 15 is 0 Å². The van der Waals surface area contributed by atoms with Gasteiger partial charge in [0.2, 0.25) is 0 Å². The highest BCUT2D eigenvalue weighted by molar-refractivity contribution is 5.79. The Balaban J connectivity index is 2.31. The lowest BCUT2D eigenvalue weighted by molar-refractivity contribution is -0.124. The lowest BCUT2D eigenvalue weighted by Crippen LogP contribution is -2.16. The predicted molar refractivity (Wildman–Crippen MR) is 54.0 cm³/mol. The van der Waals surface area contributed by atoms with Crippen LogP contribution in [0.15, 0.2) is 6.20 Å². The molecule has 1 aromatic rings. The smallest absolute Gasteiger partial charge is 0.179 e. The molecule has 0 radical (unpaired) electrons. The maximum absolute atomic E-state index is 11.3. The minimum atomic E-state index is -0.0167. The summed E-state index contributed by atoms with van der Waals surface area (Å²) >= 11 is 0. The normalized spacial score (nSPS) is 10.5. The summed E-state index contributed by atoms with van der Waals surface area (Å²) in [5.74, 6) is -0.0167. The second-order valence-corrected chi connectivity index (χ2v) is 3.20. The van der Waals surface area contributed by atoms with Gasteiger partial charge in [0.25, 0.3) is 0 Å². The van der Waals surface area contributed by atoms with Crippen LogP contribution in [0.25, 0.3) is 0 Å². The predicted octanol–water partition coefficient (Wildman–Crippen LogP) is -0.267. The van der Waals surface area contributed by atoms with Gasteiger partial charge in [-0.1, -0.05) is 12.1 Å². The number of rotatable bonds is 7. The second-order valence-electron chi connectivity index (χ2n) is 3.20. The van der Waals surface area contributed by atoms with E-state index in [0.29, 0.717) is 18.8 Å². The summed E-state index contributed by atoms with van der Waals surface area (Å²) in [6.07, 6.45) is 2.58. The molecule has 0 aliphatic carbocycles. The molecule has 0 unspecified atom stereocenters. The van der Waals surface area contributed by atoms with Crippen LogP contribution in [0.2, 0.25) is 0 Å². The number of Topliss-reactive ketones (excluding diaryl/α,β-unsaturated/α-hetero) is 1. The molecule has 1 aromatic heterocycles. The molecule has 15 heavy (non-hydrogen) atoms. The average Bonchev–Trinajstić information content (AvgIpc) is 2.66. The van der Waals surface area contributed by atoms with E-state index in [4.69, 9.17) is 10.5 Å². The molecule has 0 amide bonds. The third-order valence-corrected chi connectivity index (χ3v) is 1.75. The van der Waals surface area contributed by atoms with Crippen LogP contribution in [0.1, 0.15) is 19.0 Å². The molecule has 1 rings (SSSR count). The largest absolute Gasteiger partial charge is 0.374 e. The number of carbonyl (C=O) groups is 1. The zero-order valence-corrected chi connectivity index (χ0v) is 8.85. The van der Waals surface area contributed by atoms with E-state index in [-0.39, 0.29) is 18.9 Å². The van der Waals surface area contributed by atoms with Gasteiger partial charge in [-0.25, -0.2) is 4.68 Å². The lowest BCUT2D eigenvalue weighted by atomic mass is 10.4. The summed E-state index contributed by atoms with van der Waals surface area (Å²) in [6.45, 7) is 3.26. The van der Waals surface area contributed by atoms with Gasteiger partial charge in [0.1, 0.15) is 13.2 Å². The molecule has 0 bridgehead atoms. The summed E-state index contributed by atoms with van der Waals surface area (Å²) in [6, 6.07) is 0. The van der Waals surface area contributed by atoms with Gasteiger partial charge >= 0.3 is 0 Å². The number of carbonyl (C=O) groups excluding carboxylic acids is 1. The van der Waals surface area contributed by atoms with Gasteiger partial charge in [0.05, 0.1) is 11.9 Å². The Labute approximate surface area is 88.4 Å². The molecule has 2 N–H and O–H groups in total. The van der Waals surface area contributed by atoms with Crippen LogP contribution in [0.3, 0.4) is 0 Å². The molecule has 84 valence electrons. The fourth-order valence-corrected chi connectivity index (χ4v) is 1.07. The number of ether oxygens (including phenoxy) is 1. The number of nitrogens with two attached hydrogens (primary N) is 1. The van der Waals surface area contributed by atoms with Crippen LogP contribution < -0.4 is 5.73 Å². The van der Waals surface area contributed by atoms with Gasteiger partial charge in [-0.3, -0.25) is 4.79 Å². The van der Waals surface area contributed by atoms with E-state index in [2.05, 4.69) is 10.3 Å². The molecule has 0 atom stereocenters. The van der Waals surface area contributed by atoms with E-state index in [0.717, 1.165) is 6.42 Å². The van der Waals surface area contributed by atoms with Crippen LogP contribution in [0, 0.1) is 0 Å². The SMILES string of the molecule is CCCOCC(=O)Cn1cc(CN)nn1. The van der Waals surface area contributed by atoms with Crippen molar-refractivity contribution in [2.75, 3.05) is 13.2 Å². The molecule has 6 nitrogen and oxygen atoms in total. The van der Waals surface area contributed by atoms with Crippen LogP contribution in [-0.4, -0.2) is 34.0 Å². The second kappa shape index (κ2) is 6.26. The molecule has 1 heterocycles. The maximum atomic E-state index is 11.3. The number of aromatic nitrogens is 3. The Bertz CT molecular complexity index is 311. The number of hydrogen-bond donors (Lipinski definition) is 1. The first-order valence-electron chi connectivity index (χ1n) is 4.94. The quantitative estimate of drug-likeness (QED) is 0.629. The molecule has 0 aliphatic rings. The van der Waals surface area contributed by atoms with Gasteiger partial charge in [-0.15, -0.1) is 5.10 Å². The van der Waals surface area contributed by atoms with Crippen LogP contribution >= 0.6 is 0 Å². The van der Waals surface area contributed by atoms with Crippen molar-refractivity contribution in [3.05, 3.63) is 11.9 Å². The highest BCUT2D eigenvalue weighted by atomic mass is 16.5. The van der Waals surface area contributed by atoms with Crippen LogP contribution in [-0.2, 0) is 22.6 Å². The highest BCUT2D eigenvalue weighted by Crippen LogP contribution is 1.92. The maximum Gasteiger partial charge on any atom is 0.179 e. The van der Waals surface area contributed by atoms with Crippen molar-refractivity contribution in [1.29, 1.82) is 0 Å². The molecule has 0 aromatic carbocycles. The summed E-state index contributed by atoms with van der Waals surface area (Å²) in [5.41, 5.74) is 6.04. The standard InChI is InChI=1S/C9H16N4O2/c1-2-3-15-7-9(14)6-13-5-8(4-10)11-12-13/h5H,2-4,6-7,10H2,1H3. The molecular weight excluding hydrogens is 196 g/mol. The first-order chi connectivity index (χ1) is 7.26. The molecule has 0 spiro atoms. The molecule has 6 heteroatoms. The van der Waals surface area contributed by atoms with E-state index in [1.165, 1.54) is 4.68 Å². The summed E-state index contributed by atoms with van der Waals surface area (Å²) < 4.78 is 6.59. The molecule has 0 fully saturated rings. The first kappa shape index (κ1) is 11.8. The van der Waals surface area contributed by atoms with Gasteiger partial charge in [-0.05, 0) is 6.42 Å². The number of hydrogen-bond acceptors (Lipinski definition) is 5. The van der Waals surface area contributed by atoms with Crippen LogP contribution in [0.5, 0.6) is 0 Å². The third-order valence-electron chi connectivity index (χ3n) is 1.75. The van der Waals surface area contributed by atoms with Crippen LogP contribution in [0.4, 0.5) is 0 Å². The zero-order valence-electron chi connectivity index (χ0n) is 8.85. The van der Waals surface area contributed by atoms with Crippen molar-refractivity contribution < 1.29 is 9.53 Å². The van der Waals surface area contributed by atoms with Crippen molar-refractivity contribution >= 4 is 5.78 Å². The third kappa shape index (κ3) is 4.18. The lowest BCUT2D eigenvalue weighted by Gasteiger charge is -2.01. The van der Waals surface area contributed by atoms with Crippen molar-refractivity contribution in [3.63, 3.8) is 0 Å². The van der Waals surface area contributed by atoms with E-state index in [9.17, 15) is 4.79 Å². The van der Waals surface area contributed by atoms with Crippen molar-refractivity contribution in [2.24, 2.45) is 5.73 Å². The molecular formula is C9H16N4O2. The Kier molecular flexibility index (Phi) is 4.92. The molecule has 0 saturated heterocycles. The van der Waals surface area contributed by atoms with Crippen molar-refractivity contribution in [1.82, 2.24) is 15.0 Å². The number of ketones is 1. The highest BCUT2D eigenvalue weighted by Gasteiger charge is 2.05. The average molecular weight is 212 g/mol. The van der Waals surface area contributed by atoms with E-state index in [1.807, 2.05) is 6.92 Å². The first-order valence-corrected chi connectivity index (χ1v) is 4.94. The van der Waals surface area contributed by atoms with Gasteiger partial charge < -0.3 is 10.5 Å². The molecule has 0 aliphatic heterocycles.